The first-order chi connectivity index (χ1) is 13.1. The zero-order chi connectivity index (χ0) is 21.2. The van der Waals surface area contributed by atoms with Crippen molar-refractivity contribution in [1.29, 1.82) is 5.26 Å². The van der Waals surface area contributed by atoms with Crippen LogP contribution in [-0.4, -0.2) is 50.9 Å². The predicted octanol–water partition coefficient (Wildman–Crippen LogP) is 3.20. The molecule has 9 heteroatoms. The van der Waals surface area contributed by atoms with Gasteiger partial charge in [-0.15, -0.1) is 0 Å². The smallest absolute Gasteiger partial charge is 0.257 e. The molecule has 0 spiro atoms. The van der Waals surface area contributed by atoms with Crippen molar-refractivity contribution in [3.63, 3.8) is 0 Å². The molecular formula is C19H23N5O4. The SMILES string of the molecule is CC(=Nc1c(O)[nH]c(O)c1Nc1cc(C#N)cc(C(=O)N(C)C)c1O)C(C)C. The summed E-state index contributed by atoms with van der Waals surface area (Å²) in [5.41, 5.74) is 0.826. The molecule has 1 amide bonds. The number of nitrogens with zero attached hydrogens (tertiary/aromatic N) is 3. The Hall–Kier alpha value is -3.67. The van der Waals surface area contributed by atoms with E-state index in [1.807, 2.05) is 19.9 Å². The Kier molecular flexibility index (Phi) is 5.84. The Morgan fingerprint density at radius 3 is 2.43 bits per heavy atom. The first-order valence-corrected chi connectivity index (χ1v) is 8.51. The van der Waals surface area contributed by atoms with Crippen LogP contribution in [-0.2, 0) is 0 Å². The van der Waals surface area contributed by atoms with Gasteiger partial charge in [0.25, 0.3) is 5.91 Å². The number of anilines is 2. The van der Waals surface area contributed by atoms with Gasteiger partial charge in [0.15, 0.2) is 11.4 Å². The second-order valence-corrected chi connectivity index (χ2v) is 6.81. The minimum atomic E-state index is -0.493. The molecule has 0 atom stereocenters. The maximum atomic E-state index is 12.3. The van der Waals surface area contributed by atoms with E-state index in [0.717, 1.165) is 0 Å². The molecule has 9 nitrogen and oxygen atoms in total. The van der Waals surface area contributed by atoms with Crippen molar-refractivity contribution >= 4 is 28.7 Å². The fourth-order valence-corrected chi connectivity index (χ4v) is 2.33. The van der Waals surface area contributed by atoms with Crippen LogP contribution < -0.4 is 5.32 Å². The number of amides is 1. The van der Waals surface area contributed by atoms with Crippen LogP contribution in [0, 0.1) is 17.2 Å². The molecule has 148 valence electrons. The third kappa shape index (κ3) is 4.01. The van der Waals surface area contributed by atoms with Crippen molar-refractivity contribution < 1.29 is 20.1 Å². The summed E-state index contributed by atoms with van der Waals surface area (Å²) in [6.45, 7) is 5.63. The maximum absolute atomic E-state index is 12.3. The highest BCUT2D eigenvalue weighted by Crippen LogP contribution is 2.45. The number of hydrogen-bond acceptors (Lipinski definition) is 7. The highest BCUT2D eigenvalue weighted by atomic mass is 16.3. The summed E-state index contributed by atoms with van der Waals surface area (Å²) in [4.78, 5) is 20.3. The van der Waals surface area contributed by atoms with E-state index >= 15 is 0 Å². The summed E-state index contributed by atoms with van der Waals surface area (Å²) in [5, 5.41) is 42.8. The van der Waals surface area contributed by atoms with Crippen LogP contribution in [0.15, 0.2) is 17.1 Å². The summed E-state index contributed by atoms with van der Waals surface area (Å²) in [5.74, 6) is -1.56. The van der Waals surface area contributed by atoms with Crippen LogP contribution in [0.4, 0.5) is 17.1 Å². The number of nitrogens with one attached hydrogen (secondary N) is 2. The monoisotopic (exact) mass is 385 g/mol. The number of phenolic OH excluding ortho intramolecular Hbond substituents is 1. The van der Waals surface area contributed by atoms with E-state index in [-0.39, 0.29) is 40.0 Å². The molecular weight excluding hydrogens is 362 g/mol. The fourth-order valence-electron chi connectivity index (χ4n) is 2.33. The van der Waals surface area contributed by atoms with Gasteiger partial charge in [0, 0.05) is 19.8 Å². The third-order valence-corrected chi connectivity index (χ3v) is 4.19. The molecule has 2 aromatic rings. The number of rotatable bonds is 5. The van der Waals surface area contributed by atoms with Gasteiger partial charge in [-0.3, -0.25) is 9.78 Å². The van der Waals surface area contributed by atoms with Crippen LogP contribution in [0.5, 0.6) is 17.5 Å². The average Bonchev–Trinajstić information content (AvgIpc) is 2.89. The van der Waals surface area contributed by atoms with Crippen molar-refractivity contribution in [1.82, 2.24) is 9.88 Å². The molecule has 0 bridgehead atoms. The molecule has 0 aliphatic carbocycles. The number of carbonyl (C=O) groups is 1. The Morgan fingerprint density at radius 2 is 1.89 bits per heavy atom. The largest absolute Gasteiger partial charge is 0.505 e. The molecule has 2 rings (SSSR count). The lowest BCUT2D eigenvalue weighted by Gasteiger charge is -2.15. The second kappa shape index (κ2) is 7.92. The van der Waals surface area contributed by atoms with Gasteiger partial charge in [-0.1, -0.05) is 13.8 Å². The molecule has 1 heterocycles. The maximum Gasteiger partial charge on any atom is 0.257 e. The van der Waals surface area contributed by atoms with Crippen molar-refractivity contribution in [2.75, 3.05) is 19.4 Å². The minimum absolute atomic E-state index is 0.00569. The summed E-state index contributed by atoms with van der Waals surface area (Å²) >= 11 is 0. The number of benzene rings is 1. The van der Waals surface area contributed by atoms with E-state index in [9.17, 15) is 25.4 Å². The van der Waals surface area contributed by atoms with Crippen LogP contribution in [0.2, 0.25) is 0 Å². The number of aromatic nitrogens is 1. The highest BCUT2D eigenvalue weighted by Gasteiger charge is 2.22. The van der Waals surface area contributed by atoms with E-state index in [1.54, 1.807) is 6.92 Å². The first-order valence-electron chi connectivity index (χ1n) is 8.51. The Morgan fingerprint density at radius 1 is 1.25 bits per heavy atom. The number of H-pyrrole nitrogens is 1. The quantitative estimate of drug-likeness (QED) is 0.395. The molecule has 0 saturated heterocycles. The van der Waals surface area contributed by atoms with Crippen LogP contribution in [0.25, 0.3) is 0 Å². The van der Waals surface area contributed by atoms with Gasteiger partial charge in [-0.2, -0.15) is 5.26 Å². The lowest BCUT2D eigenvalue weighted by atomic mass is 10.1. The molecule has 0 fully saturated rings. The Bertz CT molecular complexity index is 983. The van der Waals surface area contributed by atoms with Gasteiger partial charge in [0.05, 0.1) is 22.9 Å². The van der Waals surface area contributed by atoms with Gasteiger partial charge in [-0.25, -0.2) is 4.99 Å². The molecule has 1 aromatic heterocycles. The van der Waals surface area contributed by atoms with E-state index < -0.39 is 17.5 Å². The Balaban J connectivity index is 2.61. The normalized spacial score (nSPS) is 11.4. The minimum Gasteiger partial charge on any atom is -0.505 e. The summed E-state index contributed by atoms with van der Waals surface area (Å²) < 4.78 is 0. The van der Waals surface area contributed by atoms with Crippen molar-refractivity contribution in [2.24, 2.45) is 10.9 Å². The van der Waals surface area contributed by atoms with Gasteiger partial charge in [0.1, 0.15) is 5.69 Å². The van der Waals surface area contributed by atoms with Gasteiger partial charge < -0.3 is 25.5 Å². The van der Waals surface area contributed by atoms with Crippen LogP contribution in [0.3, 0.4) is 0 Å². The van der Waals surface area contributed by atoms with Gasteiger partial charge >= 0.3 is 0 Å². The molecule has 0 radical (unpaired) electrons. The number of carbonyl (C=O) groups excluding carboxylic acids is 1. The van der Waals surface area contributed by atoms with E-state index in [1.165, 1.54) is 31.1 Å². The lowest BCUT2D eigenvalue weighted by molar-refractivity contribution is 0.0824. The van der Waals surface area contributed by atoms with Crippen molar-refractivity contribution in [3.8, 4) is 23.6 Å². The number of aliphatic imine (C=N–C) groups is 1. The lowest BCUT2D eigenvalue weighted by Crippen LogP contribution is -2.22. The van der Waals surface area contributed by atoms with E-state index in [0.29, 0.717) is 5.71 Å². The predicted molar refractivity (Wildman–Crippen MR) is 106 cm³/mol. The van der Waals surface area contributed by atoms with Crippen molar-refractivity contribution in [2.45, 2.75) is 20.8 Å². The molecule has 0 aliphatic heterocycles. The number of phenols is 1. The number of aromatic hydroxyl groups is 3. The number of hydrogen-bond donors (Lipinski definition) is 5. The highest BCUT2D eigenvalue weighted by molar-refractivity contribution is 6.00. The van der Waals surface area contributed by atoms with Crippen LogP contribution >= 0.6 is 0 Å². The molecule has 5 N–H and O–H groups in total. The zero-order valence-electron chi connectivity index (χ0n) is 16.3. The molecule has 0 unspecified atom stereocenters. The number of nitriles is 1. The summed E-state index contributed by atoms with van der Waals surface area (Å²) in [7, 11) is 3.04. The second-order valence-electron chi connectivity index (χ2n) is 6.81. The third-order valence-electron chi connectivity index (χ3n) is 4.19. The molecule has 28 heavy (non-hydrogen) atoms. The van der Waals surface area contributed by atoms with E-state index in [2.05, 4.69) is 15.3 Å². The van der Waals surface area contributed by atoms with Crippen molar-refractivity contribution in [3.05, 3.63) is 23.3 Å². The molecule has 1 aromatic carbocycles. The average molecular weight is 385 g/mol. The fraction of sp³-hybridized carbons (Fsp3) is 0.316. The van der Waals surface area contributed by atoms with Gasteiger partial charge in [-0.05, 0) is 25.0 Å². The molecule has 0 saturated carbocycles. The standard InChI is InChI=1S/C19H23N5O4/c1-9(2)10(3)21-14-15(18(27)23-17(14)26)22-13-7-11(8-20)6-12(16(13)25)19(28)24(4)5/h6-7,9,22-23,25-27H,1-5H3. The first kappa shape index (κ1) is 20.6. The van der Waals surface area contributed by atoms with Crippen LogP contribution in [0.1, 0.15) is 36.7 Å². The Labute approximate surface area is 162 Å². The topological polar surface area (TPSA) is 145 Å². The van der Waals surface area contributed by atoms with Gasteiger partial charge in [0.2, 0.25) is 11.8 Å². The van der Waals surface area contributed by atoms with E-state index in [4.69, 9.17) is 0 Å². The molecule has 0 aliphatic rings. The number of aromatic amines is 1. The zero-order valence-corrected chi connectivity index (χ0v) is 16.3. The summed E-state index contributed by atoms with van der Waals surface area (Å²) in [6, 6.07) is 4.53. The summed E-state index contributed by atoms with van der Waals surface area (Å²) in [6.07, 6.45) is 0.